The number of anilines is 4. The molecular weight excluding hydrogens is 484 g/mol. The van der Waals surface area contributed by atoms with Crippen molar-refractivity contribution < 1.29 is 23.8 Å². The van der Waals surface area contributed by atoms with E-state index >= 15 is 0 Å². The van der Waals surface area contributed by atoms with E-state index in [0.29, 0.717) is 12.3 Å². The topological polar surface area (TPSA) is 83.6 Å². The van der Waals surface area contributed by atoms with E-state index in [1.807, 2.05) is 60.5 Å². The lowest BCUT2D eigenvalue weighted by molar-refractivity contribution is -0.142. The number of carbonyl (C=O) groups excluding carboxylic acids is 2. The number of benzene rings is 3. The second kappa shape index (κ2) is 9.90. The van der Waals surface area contributed by atoms with Gasteiger partial charge >= 0.3 is 5.97 Å². The lowest BCUT2D eigenvalue weighted by Crippen LogP contribution is -2.36. The zero-order valence-corrected chi connectivity index (χ0v) is 21.5. The van der Waals surface area contributed by atoms with Crippen molar-refractivity contribution in [2.45, 2.75) is 12.7 Å². The number of carbonyl (C=O) groups is 2. The van der Waals surface area contributed by atoms with Gasteiger partial charge < -0.3 is 34.2 Å². The largest absolute Gasteiger partial charge is 0.482 e. The van der Waals surface area contributed by atoms with Crippen LogP contribution in [0.15, 0.2) is 60.7 Å². The molecule has 9 heteroatoms. The van der Waals surface area contributed by atoms with Crippen molar-refractivity contribution in [3.05, 3.63) is 77.4 Å². The fourth-order valence-electron chi connectivity index (χ4n) is 5.27. The minimum Gasteiger partial charge on any atom is -0.482 e. The Morgan fingerprint density at radius 2 is 1.79 bits per heavy atom. The van der Waals surface area contributed by atoms with E-state index in [0.717, 1.165) is 65.7 Å². The first-order chi connectivity index (χ1) is 18.5. The summed E-state index contributed by atoms with van der Waals surface area (Å²) < 4.78 is 15.6. The first-order valence-electron chi connectivity index (χ1n) is 12.7. The fraction of sp³-hybridized carbons (Fsp3) is 0.310. The Morgan fingerprint density at radius 3 is 2.55 bits per heavy atom. The Bertz CT molecular complexity index is 1370. The number of ether oxygens (including phenoxy) is 3. The zero-order chi connectivity index (χ0) is 26.2. The number of rotatable bonds is 6. The van der Waals surface area contributed by atoms with Gasteiger partial charge in [-0.3, -0.25) is 4.79 Å². The maximum Gasteiger partial charge on any atom is 0.343 e. The molecule has 0 radical (unpaired) electrons. The summed E-state index contributed by atoms with van der Waals surface area (Å²) in [6.07, 6.45) is -0.0718. The zero-order valence-electron chi connectivity index (χ0n) is 21.5. The van der Waals surface area contributed by atoms with Gasteiger partial charge in [0.05, 0.1) is 38.2 Å². The summed E-state index contributed by atoms with van der Waals surface area (Å²) in [6.45, 7) is 3.62. The summed E-state index contributed by atoms with van der Waals surface area (Å²) in [5, 5.41) is 3.56. The van der Waals surface area contributed by atoms with Crippen molar-refractivity contribution in [2.75, 3.05) is 67.1 Å². The van der Waals surface area contributed by atoms with Gasteiger partial charge in [-0.2, -0.15) is 0 Å². The molecule has 9 nitrogen and oxygen atoms in total. The highest BCUT2D eigenvalue weighted by Gasteiger charge is 2.32. The van der Waals surface area contributed by atoms with Gasteiger partial charge in [0.15, 0.2) is 6.61 Å². The molecule has 3 aliphatic rings. The molecule has 1 fully saturated rings. The standard InChI is InChI=1S/C29H30N4O5/c1-31-26-16-22(33-17-20-15-21(5-9-24(20)29(33)35)32-11-13-37-14-12-32)6-10-25(26)30-28(31)19-3-7-23(8-4-19)38-18-27(34)36-2/h3-10,15-16,28,30H,11-14,17-18H2,1-2H3. The molecular formula is C29H30N4O5. The van der Waals surface area contributed by atoms with E-state index in [2.05, 4.69) is 32.0 Å². The normalized spacial score (nSPS) is 18.2. The summed E-state index contributed by atoms with van der Waals surface area (Å²) >= 11 is 0. The lowest BCUT2D eigenvalue weighted by atomic mass is 10.1. The monoisotopic (exact) mass is 514 g/mol. The SMILES string of the molecule is COC(=O)COc1ccc(C2Nc3ccc(N4Cc5cc(N6CCOCC6)ccc5C4=O)cc3N2C)cc1. The lowest BCUT2D eigenvalue weighted by Gasteiger charge is -2.29. The number of esters is 1. The molecule has 0 spiro atoms. The average Bonchev–Trinajstić information content (AvgIpc) is 3.48. The molecule has 0 bridgehead atoms. The number of methoxy groups -OCH3 is 1. The second-order valence-corrected chi connectivity index (χ2v) is 9.63. The Morgan fingerprint density at radius 1 is 1.03 bits per heavy atom. The summed E-state index contributed by atoms with van der Waals surface area (Å²) in [6, 6.07) is 19.9. The Hall–Kier alpha value is -4.24. The Labute approximate surface area is 221 Å². The highest BCUT2D eigenvalue weighted by molar-refractivity contribution is 6.10. The second-order valence-electron chi connectivity index (χ2n) is 9.63. The van der Waals surface area contributed by atoms with Gasteiger partial charge in [-0.15, -0.1) is 0 Å². The average molecular weight is 515 g/mol. The molecule has 3 aromatic rings. The predicted molar refractivity (Wildman–Crippen MR) is 145 cm³/mol. The van der Waals surface area contributed by atoms with Crippen LogP contribution in [0.2, 0.25) is 0 Å². The van der Waals surface area contributed by atoms with Gasteiger partial charge in [0.2, 0.25) is 0 Å². The van der Waals surface area contributed by atoms with E-state index in [9.17, 15) is 9.59 Å². The van der Waals surface area contributed by atoms with Crippen molar-refractivity contribution in [2.24, 2.45) is 0 Å². The maximum atomic E-state index is 13.3. The first kappa shape index (κ1) is 24.1. The predicted octanol–water partition coefficient (Wildman–Crippen LogP) is 3.80. The van der Waals surface area contributed by atoms with E-state index in [1.165, 1.54) is 7.11 Å². The van der Waals surface area contributed by atoms with Crippen molar-refractivity contribution in [1.82, 2.24) is 0 Å². The summed E-state index contributed by atoms with van der Waals surface area (Å²) in [5.74, 6) is 0.208. The molecule has 3 aliphatic heterocycles. The number of nitrogens with zero attached hydrogens (tertiary/aromatic N) is 3. The molecule has 1 atom stereocenters. The van der Waals surface area contributed by atoms with Crippen LogP contribution in [0.3, 0.4) is 0 Å². The van der Waals surface area contributed by atoms with Gasteiger partial charge in [-0.05, 0) is 59.7 Å². The van der Waals surface area contributed by atoms with Crippen LogP contribution in [0.1, 0.15) is 27.7 Å². The summed E-state index contributed by atoms with van der Waals surface area (Å²) in [4.78, 5) is 31.0. The molecule has 0 aromatic heterocycles. The van der Waals surface area contributed by atoms with Gasteiger partial charge in [-0.25, -0.2) is 4.79 Å². The molecule has 1 saturated heterocycles. The third-order valence-corrected chi connectivity index (χ3v) is 7.40. The highest BCUT2D eigenvalue weighted by atomic mass is 16.6. The highest BCUT2D eigenvalue weighted by Crippen LogP contribution is 2.43. The number of morpholine rings is 1. The van der Waals surface area contributed by atoms with Gasteiger partial charge in [0.25, 0.3) is 5.91 Å². The summed E-state index contributed by atoms with van der Waals surface area (Å²) in [5.41, 5.74) is 6.92. The van der Waals surface area contributed by atoms with Crippen molar-refractivity contribution in [1.29, 1.82) is 0 Å². The van der Waals surface area contributed by atoms with Crippen molar-refractivity contribution in [3.8, 4) is 5.75 Å². The quantitative estimate of drug-likeness (QED) is 0.498. The molecule has 0 aliphatic carbocycles. The molecule has 3 heterocycles. The fourth-order valence-corrected chi connectivity index (χ4v) is 5.27. The van der Waals surface area contributed by atoms with Crippen LogP contribution in [0.25, 0.3) is 0 Å². The van der Waals surface area contributed by atoms with E-state index in [4.69, 9.17) is 9.47 Å². The van der Waals surface area contributed by atoms with Crippen molar-refractivity contribution in [3.63, 3.8) is 0 Å². The number of hydrogen-bond acceptors (Lipinski definition) is 8. The first-order valence-corrected chi connectivity index (χ1v) is 12.7. The van der Waals surface area contributed by atoms with Crippen LogP contribution in [-0.2, 0) is 20.8 Å². The van der Waals surface area contributed by atoms with Crippen molar-refractivity contribution >= 4 is 34.6 Å². The number of hydrogen-bond donors (Lipinski definition) is 1. The molecule has 0 saturated carbocycles. The van der Waals surface area contributed by atoms with Gasteiger partial charge in [0.1, 0.15) is 11.9 Å². The van der Waals surface area contributed by atoms with Crippen LogP contribution in [0.4, 0.5) is 22.7 Å². The third kappa shape index (κ3) is 4.39. The molecule has 1 amide bonds. The summed E-state index contributed by atoms with van der Waals surface area (Å²) in [7, 11) is 3.37. The molecule has 1 unspecified atom stereocenters. The molecule has 3 aromatic carbocycles. The van der Waals surface area contributed by atoms with E-state index in [1.54, 1.807) is 0 Å². The van der Waals surface area contributed by atoms with E-state index < -0.39 is 5.97 Å². The van der Waals surface area contributed by atoms with Gasteiger partial charge in [0, 0.05) is 37.1 Å². The maximum absolute atomic E-state index is 13.3. The molecule has 1 N–H and O–H groups in total. The minimum absolute atomic E-state index is 0.0289. The Kier molecular flexibility index (Phi) is 6.29. The third-order valence-electron chi connectivity index (χ3n) is 7.40. The molecule has 196 valence electrons. The van der Waals surface area contributed by atoms with Crippen LogP contribution < -0.4 is 24.8 Å². The minimum atomic E-state index is -0.422. The number of fused-ring (bicyclic) bond motifs is 2. The van der Waals surface area contributed by atoms with E-state index in [-0.39, 0.29) is 18.7 Å². The van der Waals surface area contributed by atoms with Crippen LogP contribution in [0, 0.1) is 0 Å². The van der Waals surface area contributed by atoms with Crippen LogP contribution >= 0.6 is 0 Å². The van der Waals surface area contributed by atoms with Gasteiger partial charge in [-0.1, -0.05) is 12.1 Å². The molecule has 38 heavy (non-hydrogen) atoms. The Balaban J connectivity index is 1.17. The number of nitrogens with one attached hydrogen (secondary N) is 1. The number of amides is 1. The molecule has 6 rings (SSSR count). The van der Waals surface area contributed by atoms with Crippen LogP contribution in [0.5, 0.6) is 5.75 Å². The van der Waals surface area contributed by atoms with Crippen LogP contribution in [-0.4, -0.2) is 58.9 Å². The smallest absolute Gasteiger partial charge is 0.343 e.